The van der Waals surface area contributed by atoms with E-state index in [1.54, 1.807) is 6.20 Å². The largest absolute Gasteiger partial charge is 0.457 e. The van der Waals surface area contributed by atoms with Gasteiger partial charge in [0.2, 0.25) is 0 Å². The molecule has 0 N–H and O–H groups in total. The summed E-state index contributed by atoms with van der Waals surface area (Å²) in [5.74, 6) is 1.56. The van der Waals surface area contributed by atoms with E-state index in [-0.39, 0.29) is 0 Å². The smallest absolute Gasteiger partial charge is 0.133 e. The topological polar surface area (TPSA) is 47.9 Å². The van der Waals surface area contributed by atoms with E-state index in [9.17, 15) is 0 Å². The van der Waals surface area contributed by atoms with Gasteiger partial charge in [-0.3, -0.25) is 9.97 Å². The molecule has 0 saturated heterocycles. The fourth-order valence-corrected chi connectivity index (χ4v) is 7.33. The quantitative estimate of drug-likeness (QED) is 0.203. The normalized spacial score (nSPS) is 13.4. The van der Waals surface area contributed by atoms with Crippen LogP contribution in [0, 0.1) is 0 Å². The van der Waals surface area contributed by atoms with Crippen molar-refractivity contribution in [1.29, 1.82) is 0 Å². The molecule has 5 heteroatoms. The standard InChI is InChI=1S/C40H24ClN3O/c41-27-15-17-35-39(22-27)45-38-21-25(14-16-34(38)40(35)32-10-3-1-8-29(32)30-9-2-4-11-33(30)40)28-18-20-43-24-31(28)37-13-5-12-36(44-37)26-7-6-19-42-23-26/h1-24H. The third kappa shape index (κ3) is 3.83. The van der Waals surface area contributed by atoms with Crippen molar-refractivity contribution in [2.24, 2.45) is 0 Å². The fraction of sp³-hybridized carbons (Fsp3) is 0.0250. The number of nitrogens with zero attached hydrogens (tertiary/aromatic N) is 3. The number of hydrogen-bond donors (Lipinski definition) is 0. The summed E-state index contributed by atoms with van der Waals surface area (Å²) in [6.45, 7) is 0. The number of aromatic nitrogens is 3. The molecule has 2 aliphatic rings. The molecule has 4 aromatic carbocycles. The zero-order chi connectivity index (χ0) is 30.0. The van der Waals surface area contributed by atoms with Gasteiger partial charge >= 0.3 is 0 Å². The van der Waals surface area contributed by atoms with Crippen LogP contribution in [0.15, 0.2) is 146 Å². The molecular formula is C40H24ClN3O. The minimum atomic E-state index is -0.542. The van der Waals surface area contributed by atoms with E-state index in [0.717, 1.165) is 56.3 Å². The minimum absolute atomic E-state index is 0.542. The summed E-state index contributed by atoms with van der Waals surface area (Å²) < 4.78 is 6.74. The van der Waals surface area contributed by atoms with E-state index < -0.39 is 5.41 Å². The molecule has 0 unspecified atom stereocenters. The van der Waals surface area contributed by atoms with Gasteiger partial charge in [-0.25, -0.2) is 4.98 Å². The number of benzene rings is 4. The molecule has 0 saturated carbocycles. The van der Waals surface area contributed by atoms with Gasteiger partial charge in [0.1, 0.15) is 11.5 Å². The molecule has 1 spiro atoms. The van der Waals surface area contributed by atoms with Crippen LogP contribution < -0.4 is 4.74 Å². The number of hydrogen-bond acceptors (Lipinski definition) is 4. The van der Waals surface area contributed by atoms with Crippen molar-refractivity contribution in [3.05, 3.63) is 173 Å². The predicted molar refractivity (Wildman–Crippen MR) is 179 cm³/mol. The molecule has 4 nitrogen and oxygen atoms in total. The minimum Gasteiger partial charge on any atom is -0.457 e. The van der Waals surface area contributed by atoms with Crippen LogP contribution in [-0.4, -0.2) is 15.0 Å². The maximum Gasteiger partial charge on any atom is 0.133 e. The van der Waals surface area contributed by atoms with Crippen LogP contribution in [0.3, 0.4) is 0 Å². The third-order valence-electron chi connectivity index (χ3n) is 9.02. The van der Waals surface area contributed by atoms with Crippen molar-refractivity contribution < 1.29 is 4.74 Å². The summed E-state index contributed by atoms with van der Waals surface area (Å²) in [6.07, 6.45) is 7.30. The Labute approximate surface area is 265 Å². The van der Waals surface area contributed by atoms with Gasteiger partial charge in [-0.15, -0.1) is 0 Å². The fourth-order valence-electron chi connectivity index (χ4n) is 7.16. The summed E-state index contributed by atoms with van der Waals surface area (Å²) in [4.78, 5) is 13.8. The lowest BCUT2D eigenvalue weighted by atomic mass is 9.66. The van der Waals surface area contributed by atoms with E-state index in [4.69, 9.17) is 21.3 Å². The van der Waals surface area contributed by atoms with E-state index in [0.29, 0.717) is 5.02 Å². The number of halogens is 1. The van der Waals surface area contributed by atoms with E-state index in [1.165, 1.54) is 22.3 Å². The van der Waals surface area contributed by atoms with Gasteiger partial charge in [0.15, 0.2) is 0 Å². The van der Waals surface area contributed by atoms with Crippen molar-refractivity contribution in [3.63, 3.8) is 0 Å². The summed E-state index contributed by atoms with van der Waals surface area (Å²) >= 11 is 6.57. The van der Waals surface area contributed by atoms with Crippen LogP contribution in [-0.2, 0) is 5.41 Å². The number of pyridine rings is 3. The number of rotatable bonds is 3. The second-order valence-electron chi connectivity index (χ2n) is 11.4. The van der Waals surface area contributed by atoms with Crippen LogP contribution in [0.25, 0.3) is 44.8 Å². The highest BCUT2D eigenvalue weighted by atomic mass is 35.5. The van der Waals surface area contributed by atoms with Crippen molar-refractivity contribution in [3.8, 4) is 56.3 Å². The van der Waals surface area contributed by atoms with E-state index in [1.807, 2.05) is 67.1 Å². The Morgan fingerprint density at radius 3 is 1.98 bits per heavy atom. The number of ether oxygens (including phenoxy) is 1. The van der Waals surface area contributed by atoms with Gasteiger partial charge in [-0.05, 0) is 81.9 Å². The molecule has 0 bridgehead atoms. The number of fused-ring (bicyclic) bond motifs is 9. The van der Waals surface area contributed by atoms with Crippen molar-refractivity contribution in [1.82, 2.24) is 15.0 Å². The van der Waals surface area contributed by atoms with Crippen molar-refractivity contribution in [2.45, 2.75) is 5.41 Å². The average Bonchev–Trinajstić information content (AvgIpc) is 3.39. The Kier molecular flexibility index (Phi) is 5.74. The monoisotopic (exact) mass is 597 g/mol. The van der Waals surface area contributed by atoms with Gasteiger partial charge in [0.05, 0.1) is 16.8 Å². The summed E-state index contributed by atoms with van der Waals surface area (Å²) in [5, 5.41) is 0.638. The summed E-state index contributed by atoms with van der Waals surface area (Å²) in [5.41, 5.74) is 12.2. The van der Waals surface area contributed by atoms with Crippen LogP contribution in [0.5, 0.6) is 11.5 Å². The first-order chi connectivity index (χ1) is 22.2. The zero-order valence-corrected chi connectivity index (χ0v) is 24.7. The molecular weight excluding hydrogens is 574 g/mol. The van der Waals surface area contributed by atoms with Crippen molar-refractivity contribution in [2.75, 3.05) is 0 Å². The molecule has 3 aromatic heterocycles. The Balaban J connectivity index is 1.25. The van der Waals surface area contributed by atoms with Gasteiger partial charge in [-0.1, -0.05) is 84.4 Å². The van der Waals surface area contributed by atoms with Crippen LogP contribution in [0.2, 0.25) is 5.02 Å². The molecule has 45 heavy (non-hydrogen) atoms. The van der Waals surface area contributed by atoms with Gasteiger partial charge in [0.25, 0.3) is 0 Å². The molecule has 212 valence electrons. The molecule has 0 atom stereocenters. The SMILES string of the molecule is Clc1ccc2c(c1)Oc1cc(-c3ccncc3-c3cccc(-c4cccnc4)n3)ccc1C21c2ccccc2-c2ccccc21. The first-order valence-electron chi connectivity index (χ1n) is 14.9. The van der Waals surface area contributed by atoms with Crippen molar-refractivity contribution >= 4 is 11.6 Å². The summed E-state index contributed by atoms with van der Waals surface area (Å²) in [7, 11) is 0. The molecule has 0 fully saturated rings. The highest BCUT2D eigenvalue weighted by Gasteiger charge is 2.51. The Hall–Kier alpha value is -5.58. The maximum atomic E-state index is 6.74. The Morgan fingerprint density at radius 2 is 1.20 bits per heavy atom. The molecule has 9 rings (SSSR count). The maximum absolute atomic E-state index is 6.74. The van der Waals surface area contributed by atoms with E-state index >= 15 is 0 Å². The van der Waals surface area contributed by atoms with E-state index in [2.05, 4.69) is 82.8 Å². The average molecular weight is 598 g/mol. The first kappa shape index (κ1) is 25.9. The molecule has 7 aromatic rings. The van der Waals surface area contributed by atoms with Crippen LogP contribution >= 0.6 is 11.6 Å². The zero-order valence-electron chi connectivity index (χ0n) is 24.0. The molecule has 1 aliphatic heterocycles. The van der Waals surface area contributed by atoms with Gasteiger partial charge < -0.3 is 4.74 Å². The molecule has 4 heterocycles. The van der Waals surface area contributed by atoms with Gasteiger partial charge in [0, 0.05) is 52.1 Å². The lowest BCUT2D eigenvalue weighted by molar-refractivity contribution is 0.436. The highest BCUT2D eigenvalue weighted by Crippen LogP contribution is 2.62. The second-order valence-corrected chi connectivity index (χ2v) is 11.8. The molecule has 0 radical (unpaired) electrons. The lowest BCUT2D eigenvalue weighted by Gasteiger charge is -2.39. The van der Waals surface area contributed by atoms with Crippen LogP contribution in [0.1, 0.15) is 22.3 Å². The molecule has 0 amide bonds. The first-order valence-corrected chi connectivity index (χ1v) is 15.2. The second kappa shape index (κ2) is 9.98. The lowest BCUT2D eigenvalue weighted by Crippen LogP contribution is -2.32. The van der Waals surface area contributed by atoms with Gasteiger partial charge in [-0.2, -0.15) is 0 Å². The third-order valence-corrected chi connectivity index (χ3v) is 9.26. The Morgan fingerprint density at radius 1 is 0.489 bits per heavy atom. The Bertz CT molecular complexity index is 2240. The predicted octanol–water partition coefficient (Wildman–Crippen LogP) is 9.99. The van der Waals surface area contributed by atoms with Crippen LogP contribution in [0.4, 0.5) is 0 Å². The highest BCUT2D eigenvalue weighted by molar-refractivity contribution is 6.30. The molecule has 1 aliphatic carbocycles. The summed E-state index contributed by atoms with van der Waals surface area (Å²) in [6, 6.07) is 42.0.